The molecule has 34 heavy (non-hydrogen) atoms. The lowest BCUT2D eigenvalue weighted by Crippen LogP contribution is -2.30. The van der Waals surface area contributed by atoms with Crippen molar-refractivity contribution in [1.82, 2.24) is 20.6 Å². The molecule has 0 saturated heterocycles. The van der Waals surface area contributed by atoms with Gasteiger partial charge in [-0.3, -0.25) is 9.98 Å². The number of hydrogen-bond acceptors (Lipinski definition) is 6. The van der Waals surface area contributed by atoms with Gasteiger partial charge >= 0.3 is 0 Å². The fourth-order valence-corrected chi connectivity index (χ4v) is 4.24. The first-order valence-electron chi connectivity index (χ1n) is 11.8. The number of fused-ring (bicyclic) bond motifs is 1. The summed E-state index contributed by atoms with van der Waals surface area (Å²) in [7, 11) is 0. The largest absolute Gasteiger partial charge is 0.457 e. The third-order valence-corrected chi connectivity index (χ3v) is 6.04. The molecule has 0 unspecified atom stereocenters. The van der Waals surface area contributed by atoms with E-state index >= 15 is 0 Å². The molecule has 3 heterocycles. The summed E-state index contributed by atoms with van der Waals surface area (Å²) in [4.78, 5) is 17.3. The zero-order chi connectivity index (χ0) is 22.7. The maximum absolute atomic E-state index is 6.04. The molecular formula is C27H26N6O. The van der Waals surface area contributed by atoms with E-state index in [1.807, 2.05) is 54.6 Å². The van der Waals surface area contributed by atoms with Gasteiger partial charge in [0, 0.05) is 42.9 Å². The molecule has 7 heteroatoms. The number of amidine groups is 2. The second-order valence-corrected chi connectivity index (χ2v) is 8.49. The number of aliphatic imine (C=N–C) groups is 2. The molecule has 0 atom stereocenters. The van der Waals surface area contributed by atoms with Gasteiger partial charge in [-0.05, 0) is 79.6 Å². The van der Waals surface area contributed by atoms with Crippen LogP contribution in [0.25, 0.3) is 22.4 Å². The summed E-state index contributed by atoms with van der Waals surface area (Å²) in [6.45, 7) is 3.70. The highest BCUT2D eigenvalue weighted by Crippen LogP contribution is 2.27. The number of benzene rings is 3. The first-order valence-corrected chi connectivity index (χ1v) is 11.8. The highest BCUT2D eigenvalue weighted by atomic mass is 16.5. The van der Waals surface area contributed by atoms with Crippen LogP contribution >= 0.6 is 0 Å². The molecule has 6 rings (SSSR count). The van der Waals surface area contributed by atoms with Crippen molar-refractivity contribution in [1.29, 1.82) is 0 Å². The number of aromatic nitrogens is 2. The van der Waals surface area contributed by atoms with Crippen LogP contribution in [0, 0.1) is 0 Å². The summed E-state index contributed by atoms with van der Waals surface area (Å²) in [6, 6.07) is 22.2. The normalized spacial score (nSPS) is 15.8. The molecule has 2 aliphatic heterocycles. The lowest BCUT2D eigenvalue weighted by Gasteiger charge is -2.15. The van der Waals surface area contributed by atoms with Gasteiger partial charge in [0.05, 0.1) is 11.0 Å². The Kier molecular flexibility index (Phi) is 5.43. The van der Waals surface area contributed by atoms with Gasteiger partial charge in [-0.25, -0.2) is 4.98 Å². The molecule has 170 valence electrons. The Balaban J connectivity index is 1.17. The van der Waals surface area contributed by atoms with Gasteiger partial charge in [-0.2, -0.15) is 0 Å². The number of nitrogens with zero attached hydrogens (tertiary/aromatic N) is 3. The Labute approximate surface area is 198 Å². The molecule has 7 nitrogen and oxygen atoms in total. The molecule has 0 saturated carbocycles. The van der Waals surface area contributed by atoms with Gasteiger partial charge in [0.15, 0.2) is 0 Å². The van der Waals surface area contributed by atoms with Crippen LogP contribution in [0.4, 0.5) is 0 Å². The minimum absolute atomic E-state index is 0.782. The minimum Gasteiger partial charge on any atom is -0.457 e. The summed E-state index contributed by atoms with van der Waals surface area (Å²) in [5, 5.41) is 6.72. The van der Waals surface area contributed by atoms with Gasteiger partial charge in [0.1, 0.15) is 29.0 Å². The van der Waals surface area contributed by atoms with E-state index in [4.69, 9.17) is 9.72 Å². The molecule has 0 bridgehead atoms. The van der Waals surface area contributed by atoms with Crippen LogP contribution in [-0.4, -0.2) is 47.8 Å². The van der Waals surface area contributed by atoms with E-state index in [2.05, 4.69) is 37.7 Å². The molecule has 0 fully saturated rings. The van der Waals surface area contributed by atoms with E-state index < -0.39 is 0 Å². The molecular weight excluding hydrogens is 424 g/mol. The summed E-state index contributed by atoms with van der Waals surface area (Å²) >= 11 is 0. The summed E-state index contributed by atoms with van der Waals surface area (Å²) in [6.07, 6.45) is 2.17. The molecule has 0 radical (unpaired) electrons. The maximum Gasteiger partial charge on any atom is 0.138 e. The Bertz CT molecular complexity index is 1370. The molecule has 0 aliphatic carbocycles. The lowest BCUT2D eigenvalue weighted by atomic mass is 10.1. The average molecular weight is 451 g/mol. The smallest absolute Gasteiger partial charge is 0.138 e. The highest BCUT2D eigenvalue weighted by molar-refractivity contribution is 6.01. The molecule has 0 amide bonds. The van der Waals surface area contributed by atoms with Crippen LogP contribution < -0.4 is 15.4 Å². The third kappa shape index (κ3) is 4.24. The molecule has 2 aliphatic rings. The van der Waals surface area contributed by atoms with Crippen LogP contribution in [0.2, 0.25) is 0 Å². The second-order valence-electron chi connectivity index (χ2n) is 8.49. The van der Waals surface area contributed by atoms with E-state index in [1.54, 1.807) is 0 Å². The average Bonchev–Trinajstić information content (AvgIpc) is 3.34. The van der Waals surface area contributed by atoms with E-state index in [-0.39, 0.29) is 0 Å². The van der Waals surface area contributed by atoms with Crippen LogP contribution in [0.1, 0.15) is 24.0 Å². The molecule has 3 N–H and O–H groups in total. The van der Waals surface area contributed by atoms with E-state index in [0.717, 1.165) is 95.7 Å². The van der Waals surface area contributed by atoms with E-state index in [0.29, 0.717) is 0 Å². The monoisotopic (exact) mass is 450 g/mol. The van der Waals surface area contributed by atoms with Crippen molar-refractivity contribution in [2.75, 3.05) is 26.2 Å². The zero-order valence-electron chi connectivity index (χ0n) is 18.8. The second kappa shape index (κ2) is 9.02. The quantitative estimate of drug-likeness (QED) is 0.418. The minimum atomic E-state index is 0.782. The fraction of sp³-hybridized carbons (Fsp3) is 0.222. The summed E-state index contributed by atoms with van der Waals surface area (Å²) < 4.78 is 6.04. The zero-order valence-corrected chi connectivity index (χ0v) is 18.8. The number of imidazole rings is 1. The van der Waals surface area contributed by atoms with Crippen LogP contribution in [0.3, 0.4) is 0 Å². The van der Waals surface area contributed by atoms with Gasteiger partial charge in [0.2, 0.25) is 0 Å². The fourth-order valence-electron chi connectivity index (χ4n) is 4.24. The number of ether oxygens (including phenoxy) is 1. The predicted octanol–water partition coefficient (Wildman–Crippen LogP) is 4.50. The van der Waals surface area contributed by atoms with Gasteiger partial charge < -0.3 is 20.4 Å². The lowest BCUT2D eigenvalue weighted by molar-refractivity contribution is 0.482. The van der Waals surface area contributed by atoms with Crippen LogP contribution in [-0.2, 0) is 0 Å². The van der Waals surface area contributed by atoms with Crippen molar-refractivity contribution < 1.29 is 4.74 Å². The molecule has 1 aromatic heterocycles. The van der Waals surface area contributed by atoms with E-state index in [9.17, 15) is 0 Å². The Morgan fingerprint density at radius 2 is 1.24 bits per heavy atom. The van der Waals surface area contributed by atoms with Crippen LogP contribution in [0.15, 0.2) is 76.7 Å². The van der Waals surface area contributed by atoms with Crippen molar-refractivity contribution >= 4 is 22.7 Å². The SMILES string of the molecule is c1cc(C2=NCCCN2)ccc1Oc1ccc(-c2nc3ccc(C4=NCCCN4)cc3[nH]2)cc1. The molecule has 3 aromatic carbocycles. The number of H-pyrrole nitrogens is 1. The summed E-state index contributed by atoms with van der Waals surface area (Å²) in [5.41, 5.74) is 5.12. The van der Waals surface area contributed by atoms with Gasteiger partial charge in [-0.1, -0.05) is 0 Å². The van der Waals surface area contributed by atoms with Crippen molar-refractivity contribution in [2.24, 2.45) is 9.98 Å². The topological polar surface area (TPSA) is 86.7 Å². The number of rotatable bonds is 5. The third-order valence-electron chi connectivity index (χ3n) is 6.04. The van der Waals surface area contributed by atoms with Crippen molar-refractivity contribution in [2.45, 2.75) is 12.8 Å². The standard InChI is InChI=1S/C27H26N6O/c1-13-28-25(29-14-1)18-3-8-21(9-4-18)34-22-10-5-19(6-11-22)27-32-23-12-7-20(17-24(23)33-27)26-30-15-2-16-31-26/h3-12,17H,1-2,13-16H2,(H,28,29)(H,30,31)(H,32,33). The number of nitrogens with one attached hydrogen (secondary N) is 3. The van der Waals surface area contributed by atoms with Crippen LogP contribution in [0.5, 0.6) is 11.5 Å². The van der Waals surface area contributed by atoms with Gasteiger partial charge in [-0.15, -0.1) is 0 Å². The van der Waals surface area contributed by atoms with E-state index in [1.165, 1.54) is 0 Å². The van der Waals surface area contributed by atoms with Gasteiger partial charge in [0.25, 0.3) is 0 Å². The van der Waals surface area contributed by atoms with Crippen molar-refractivity contribution in [3.63, 3.8) is 0 Å². The highest BCUT2D eigenvalue weighted by Gasteiger charge is 2.11. The number of hydrogen-bond donors (Lipinski definition) is 3. The number of aromatic amines is 1. The predicted molar refractivity (Wildman–Crippen MR) is 136 cm³/mol. The Hall–Kier alpha value is -4.13. The Morgan fingerprint density at radius 3 is 1.85 bits per heavy atom. The maximum atomic E-state index is 6.04. The molecule has 4 aromatic rings. The first kappa shape index (κ1) is 20.5. The van der Waals surface area contributed by atoms with Crippen molar-refractivity contribution in [3.05, 3.63) is 77.9 Å². The van der Waals surface area contributed by atoms with Crippen molar-refractivity contribution in [3.8, 4) is 22.9 Å². The Morgan fingerprint density at radius 1 is 0.647 bits per heavy atom. The summed E-state index contributed by atoms with van der Waals surface area (Å²) in [5.74, 6) is 4.33. The first-order chi connectivity index (χ1) is 16.8. The molecule has 0 spiro atoms.